The van der Waals surface area contributed by atoms with Crippen molar-refractivity contribution in [1.82, 2.24) is 10.6 Å². The van der Waals surface area contributed by atoms with Gasteiger partial charge in [0, 0.05) is 11.4 Å². The number of alkyl halides is 2. The maximum absolute atomic E-state index is 11.9. The van der Waals surface area contributed by atoms with Crippen LogP contribution in [0.2, 0.25) is 0 Å². The average Bonchev–Trinajstić information content (AvgIpc) is 2.79. The number of carbonyl (C=O) groups excluding carboxylic acids is 2. The van der Waals surface area contributed by atoms with Gasteiger partial charge in [0.05, 0.1) is 11.4 Å². The molecular weight excluding hydrogens is 278 g/mol. The second-order valence-electron chi connectivity index (χ2n) is 3.80. The maximum atomic E-state index is 11.9. The molecule has 2 amide bonds. The van der Waals surface area contributed by atoms with Crippen LogP contribution in [0.4, 0.5) is 8.78 Å². The summed E-state index contributed by atoms with van der Waals surface area (Å²) >= 11 is 1.29. The average molecular weight is 292 g/mol. The summed E-state index contributed by atoms with van der Waals surface area (Å²) in [4.78, 5) is 24.2. The molecular formula is C11H14F2N2O3S. The van der Waals surface area contributed by atoms with Crippen LogP contribution in [-0.2, 0) is 4.79 Å². The van der Waals surface area contributed by atoms with Gasteiger partial charge in [-0.3, -0.25) is 9.59 Å². The first-order chi connectivity index (χ1) is 8.90. The predicted molar refractivity (Wildman–Crippen MR) is 66.4 cm³/mol. The molecule has 0 bridgehead atoms. The second kappa shape index (κ2) is 7.15. The fourth-order valence-electron chi connectivity index (χ4n) is 1.17. The first-order valence-corrected chi connectivity index (χ1v) is 6.29. The molecule has 8 heteroatoms. The van der Waals surface area contributed by atoms with Gasteiger partial charge in [0.1, 0.15) is 6.10 Å². The van der Waals surface area contributed by atoms with Crippen molar-refractivity contribution in [2.45, 2.75) is 19.5 Å². The van der Waals surface area contributed by atoms with Crippen LogP contribution < -0.4 is 10.6 Å². The Hall–Kier alpha value is -1.54. The summed E-state index contributed by atoms with van der Waals surface area (Å²) in [5.74, 6) is -1.04. The number of hydrogen-bond acceptors (Lipinski definition) is 4. The van der Waals surface area contributed by atoms with E-state index < -0.39 is 30.9 Å². The predicted octanol–water partition coefficient (Wildman–Crippen LogP) is 0.529. The van der Waals surface area contributed by atoms with Crippen LogP contribution >= 0.6 is 11.3 Å². The summed E-state index contributed by atoms with van der Waals surface area (Å²) < 4.78 is 23.9. The zero-order valence-electron chi connectivity index (χ0n) is 10.2. The molecule has 0 aromatic carbocycles. The Labute approximate surface area is 112 Å². The lowest BCUT2D eigenvalue weighted by Crippen LogP contribution is -2.41. The Bertz CT molecular complexity index is 451. The number of halogens is 2. The molecule has 1 unspecified atom stereocenters. The van der Waals surface area contributed by atoms with E-state index in [9.17, 15) is 18.4 Å². The van der Waals surface area contributed by atoms with Gasteiger partial charge < -0.3 is 15.7 Å². The Balaban J connectivity index is 2.29. The van der Waals surface area contributed by atoms with E-state index in [1.165, 1.54) is 11.3 Å². The van der Waals surface area contributed by atoms with Gasteiger partial charge >= 0.3 is 0 Å². The van der Waals surface area contributed by atoms with Crippen molar-refractivity contribution in [3.05, 3.63) is 21.9 Å². The van der Waals surface area contributed by atoms with Gasteiger partial charge in [-0.2, -0.15) is 0 Å². The number of hydrogen-bond donors (Lipinski definition) is 3. The summed E-state index contributed by atoms with van der Waals surface area (Å²) in [6.07, 6.45) is -4.82. The standard InChI is InChI=1S/C11H14F2N2O3S/c1-6-2-3-8(19-6)11(18)15-5-9(17)14-4-7(16)10(12)13/h2-3,7,10,16H,4-5H2,1H3,(H,14,17)(H,15,18). The molecule has 19 heavy (non-hydrogen) atoms. The van der Waals surface area contributed by atoms with E-state index in [0.29, 0.717) is 4.88 Å². The van der Waals surface area contributed by atoms with Gasteiger partial charge in [-0.25, -0.2) is 8.78 Å². The molecule has 106 valence electrons. The molecule has 1 aromatic rings. The smallest absolute Gasteiger partial charge is 0.265 e. The van der Waals surface area contributed by atoms with Crippen LogP contribution in [0, 0.1) is 6.92 Å². The molecule has 1 atom stereocenters. The number of thiophene rings is 1. The summed E-state index contributed by atoms with van der Waals surface area (Å²) in [7, 11) is 0. The zero-order chi connectivity index (χ0) is 14.4. The fraction of sp³-hybridized carbons (Fsp3) is 0.455. The topological polar surface area (TPSA) is 78.4 Å². The number of carbonyl (C=O) groups is 2. The summed E-state index contributed by atoms with van der Waals surface area (Å²) in [6, 6.07) is 3.41. The van der Waals surface area contributed by atoms with Gasteiger partial charge in [-0.1, -0.05) is 0 Å². The van der Waals surface area contributed by atoms with Crippen molar-refractivity contribution in [2.75, 3.05) is 13.1 Å². The van der Waals surface area contributed by atoms with E-state index in [-0.39, 0.29) is 6.54 Å². The van der Waals surface area contributed by atoms with Gasteiger partial charge in [0.15, 0.2) is 0 Å². The summed E-state index contributed by atoms with van der Waals surface area (Å²) in [5.41, 5.74) is 0. The molecule has 1 aromatic heterocycles. The van der Waals surface area contributed by atoms with E-state index in [1.54, 1.807) is 12.1 Å². The van der Waals surface area contributed by atoms with Crippen LogP contribution in [0.15, 0.2) is 12.1 Å². The van der Waals surface area contributed by atoms with E-state index in [1.807, 2.05) is 6.92 Å². The number of aliphatic hydroxyl groups excluding tert-OH is 1. The van der Waals surface area contributed by atoms with Gasteiger partial charge in [0.25, 0.3) is 12.3 Å². The number of rotatable bonds is 6. The maximum Gasteiger partial charge on any atom is 0.265 e. The minimum atomic E-state index is -2.91. The molecule has 5 nitrogen and oxygen atoms in total. The zero-order valence-corrected chi connectivity index (χ0v) is 11.0. The lowest BCUT2D eigenvalue weighted by Gasteiger charge is -2.10. The lowest BCUT2D eigenvalue weighted by atomic mass is 10.3. The first kappa shape index (κ1) is 15.5. The van der Waals surface area contributed by atoms with E-state index in [2.05, 4.69) is 10.6 Å². The molecule has 0 radical (unpaired) electrons. The third-order valence-corrected chi connectivity index (χ3v) is 3.17. The Morgan fingerprint density at radius 2 is 2.05 bits per heavy atom. The Morgan fingerprint density at radius 3 is 2.58 bits per heavy atom. The molecule has 0 saturated heterocycles. The van der Waals surface area contributed by atoms with Crippen LogP contribution in [-0.4, -0.2) is 42.5 Å². The molecule has 0 aliphatic carbocycles. The minimum Gasteiger partial charge on any atom is -0.385 e. The van der Waals surface area contributed by atoms with E-state index in [0.717, 1.165) is 4.88 Å². The van der Waals surface area contributed by atoms with Crippen LogP contribution in [0.3, 0.4) is 0 Å². The summed E-state index contributed by atoms with van der Waals surface area (Å²) in [6.45, 7) is 0.968. The Kier molecular flexibility index (Phi) is 5.84. The largest absolute Gasteiger partial charge is 0.385 e. The molecule has 0 aliphatic heterocycles. The molecule has 1 rings (SSSR count). The Morgan fingerprint density at radius 1 is 1.37 bits per heavy atom. The number of aryl methyl sites for hydroxylation is 1. The minimum absolute atomic E-state index is 0.328. The van der Waals surface area contributed by atoms with Gasteiger partial charge in [0.2, 0.25) is 5.91 Å². The van der Waals surface area contributed by atoms with Gasteiger partial charge in [-0.15, -0.1) is 11.3 Å². The van der Waals surface area contributed by atoms with Crippen molar-refractivity contribution in [3.8, 4) is 0 Å². The lowest BCUT2D eigenvalue weighted by molar-refractivity contribution is -0.121. The SMILES string of the molecule is Cc1ccc(C(=O)NCC(=O)NCC(O)C(F)F)s1. The van der Waals surface area contributed by atoms with Crippen LogP contribution in [0.5, 0.6) is 0 Å². The highest BCUT2D eigenvalue weighted by Gasteiger charge is 2.17. The highest BCUT2D eigenvalue weighted by Crippen LogP contribution is 2.14. The number of aliphatic hydroxyl groups is 1. The number of nitrogens with one attached hydrogen (secondary N) is 2. The third-order valence-electron chi connectivity index (χ3n) is 2.17. The molecule has 0 saturated carbocycles. The van der Waals surface area contributed by atoms with Crippen LogP contribution in [0.1, 0.15) is 14.5 Å². The van der Waals surface area contributed by atoms with Crippen molar-refractivity contribution in [2.24, 2.45) is 0 Å². The van der Waals surface area contributed by atoms with Crippen molar-refractivity contribution in [1.29, 1.82) is 0 Å². The summed E-state index contributed by atoms with van der Waals surface area (Å²) in [5, 5.41) is 13.2. The second-order valence-corrected chi connectivity index (χ2v) is 5.09. The normalized spacial score (nSPS) is 12.3. The van der Waals surface area contributed by atoms with Crippen molar-refractivity contribution < 1.29 is 23.5 Å². The molecule has 0 fully saturated rings. The van der Waals surface area contributed by atoms with E-state index >= 15 is 0 Å². The van der Waals surface area contributed by atoms with Crippen LogP contribution in [0.25, 0.3) is 0 Å². The third kappa shape index (κ3) is 5.31. The highest BCUT2D eigenvalue weighted by molar-refractivity contribution is 7.13. The molecule has 3 N–H and O–H groups in total. The van der Waals surface area contributed by atoms with Crippen molar-refractivity contribution >= 4 is 23.2 Å². The highest BCUT2D eigenvalue weighted by atomic mass is 32.1. The molecule has 1 heterocycles. The monoisotopic (exact) mass is 292 g/mol. The first-order valence-electron chi connectivity index (χ1n) is 5.47. The molecule has 0 spiro atoms. The van der Waals surface area contributed by atoms with Gasteiger partial charge in [-0.05, 0) is 19.1 Å². The van der Waals surface area contributed by atoms with E-state index in [4.69, 9.17) is 5.11 Å². The van der Waals surface area contributed by atoms with Crippen molar-refractivity contribution in [3.63, 3.8) is 0 Å². The molecule has 0 aliphatic rings. The fourth-order valence-corrected chi connectivity index (χ4v) is 1.96. The number of amides is 2. The quantitative estimate of drug-likeness (QED) is 0.715.